The average Bonchev–Trinajstić information content (AvgIpc) is 2.10. The number of nitrogen functional groups attached to an aromatic ring is 1. The van der Waals surface area contributed by atoms with Crippen LogP contribution in [-0.2, 0) is 0 Å². The molecule has 0 aromatic heterocycles. The first-order chi connectivity index (χ1) is 6.06. The van der Waals surface area contributed by atoms with Crippen LogP contribution in [-0.4, -0.2) is 0 Å². The molecular weight excluding hydrogens is 296 g/mol. The maximum atomic E-state index is 5.91. The molecule has 0 aliphatic carbocycles. The molecule has 1 aromatic carbocycles. The summed E-state index contributed by atoms with van der Waals surface area (Å²) in [6, 6.07) is 3.89. The monoisotopic (exact) mass is 306 g/mol. The Labute approximate surface area is 94.9 Å². The second kappa shape index (κ2) is 4.44. The molecule has 0 bridgehead atoms. The summed E-state index contributed by atoms with van der Waals surface area (Å²) in [7, 11) is 0. The van der Waals surface area contributed by atoms with Gasteiger partial charge >= 0.3 is 0 Å². The third-order valence-corrected chi connectivity index (χ3v) is 3.08. The van der Waals surface area contributed by atoms with Crippen molar-refractivity contribution in [3.63, 3.8) is 0 Å². The van der Waals surface area contributed by atoms with Crippen LogP contribution in [0.15, 0.2) is 21.1 Å². The summed E-state index contributed by atoms with van der Waals surface area (Å²) in [5.74, 6) is 0. The highest BCUT2D eigenvalue weighted by molar-refractivity contribution is 9.11. The van der Waals surface area contributed by atoms with Gasteiger partial charge in [-0.1, -0.05) is 22.9 Å². The molecule has 0 aliphatic rings. The summed E-state index contributed by atoms with van der Waals surface area (Å²) in [5, 5.41) is 0. The topological polar surface area (TPSA) is 52.0 Å². The quantitative estimate of drug-likeness (QED) is 0.824. The lowest BCUT2D eigenvalue weighted by Crippen LogP contribution is -2.11. The predicted molar refractivity (Wildman–Crippen MR) is 63.5 cm³/mol. The summed E-state index contributed by atoms with van der Waals surface area (Å²) < 4.78 is 1.88. The summed E-state index contributed by atoms with van der Waals surface area (Å²) in [6.45, 7) is 2.04. The zero-order chi connectivity index (χ0) is 10.0. The van der Waals surface area contributed by atoms with Gasteiger partial charge in [0, 0.05) is 15.0 Å². The lowest BCUT2D eigenvalue weighted by molar-refractivity contribution is 0.700. The number of hydrogen-bond donors (Lipinski definition) is 2. The van der Waals surface area contributed by atoms with Gasteiger partial charge in [0.1, 0.15) is 0 Å². The normalized spacial score (nSPS) is 12.9. The third-order valence-electron chi connectivity index (χ3n) is 1.97. The molecule has 0 unspecified atom stereocenters. The standard InChI is InChI=1S/C9H12Br2N2/c1-2-8(12)6-3-5(10)4-7(11)9(6)13/h3-4,8H,2,12-13H2,1H3/t8-/m0/s1. The fraction of sp³-hybridized carbons (Fsp3) is 0.333. The van der Waals surface area contributed by atoms with Crippen LogP contribution in [0.5, 0.6) is 0 Å². The van der Waals surface area contributed by atoms with Crippen LogP contribution in [0, 0.1) is 0 Å². The molecule has 1 atom stereocenters. The minimum Gasteiger partial charge on any atom is -0.398 e. The van der Waals surface area contributed by atoms with Crippen molar-refractivity contribution in [1.29, 1.82) is 0 Å². The number of anilines is 1. The minimum atomic E-state index is 0.00815. The zero-order valence-electron chi connectivity index (χ0n) is 7.35. The second-order valence-corrected chi connectivity index (χ2v) is 4.68. The fourth-order valence-electron chi connectivity index (χ4n) is 1.13. The highest BCUT2D eigenvalue weighted by Gasteiger charge is 2.10. The van der Waals surface area contributed by atoms with E-state index < -0.39 is 0 Å². The van der Waals surface area contributed by atoms with Crippen LogP contribution in [0.2, 0.25) is 0 Å². The lowest BCUT2D eigenvalue weighted by Gasteiger charge is -2.13. The molecule has 0 spiro atoms. The number of halogens is 2. The molecule has 0 radical (unpaired) electrons. The molecule has 0 saturated carbocycles. The number of benzene rings is 1. The van der Waals surface area contributed by atoms with Crippen molar-refractivity contribution < 1.29 is 0 Å². The molecule has 0 heterocycles. The largest absolute Gasteiger partial charge is 0.398 e. The van der Waals surface area contributed by atoms with E-state index in [1.807, 2.05) is 19.1 Å². The van der Waals surface area contributed by atoms with Gasteiger partial charge < -0.3 is 11.5 Å². The molecule has 0 fully saturated rings. The van der Waals surface area contributed by atoms with E-state index in [9.17, 15) is 0 Å². The summed E-state index contributed by atoms with van der Waals surface area (Å²) in [4.78, 5) is 0. The van der Waals surface area contributed by atoms with E-state index in [1.165, 1.54) is 0 Å². The van der Waals surface area contributed by atoms with Gasteiger partial charge in [0.2, 0.25) is 0 Å². The molecule has 0 amide bonds. The van der Waals surface area contributed by atoms with Crippen LogP contribution < -0.4 is 11.5 Å². The van der Waals surface area contributed by atoms with Gasteiger partial charge in [-0.05, 0) is 40.0 Å². The minimum absolute atomic E-state index is 0.00815. The van der Waals surface area contributed by atoms with Crippen molar-refractivity contribution >= 4 is 37.5 Å². The van der Waals surface area contributed by atoms with E-state index in [1.54, 1.807) is 0 Å². The van der Waals surface area contributed by atoms with Crippen molar-refractivity contribution in [2.75, 3.05) is 5.73 Å². The first kappa shape index (κ1) is 11.0. The van der Waals surface area contributed by atoms with Crippen LogP contribution in [0.25, 0.3) is 0 Å². The van der Waals surface area contributed by atoms with Gasteiger partial charge in [0.05, 0.1) is 5.69 Å². The van der Waals surface area contributed by atoms with Crippen molar-refractivity contribution in [3.05, 3.63) is 26.6 Å². The van der Waals surface area contributed by atoms with E-state index >= 15 is 0 Å². The van der Waals surface area contributed by atoms with E-state index in [0.717, 1.165) is 26.6 Å². The summed E-state index contributed by atoms with van der Waals surface area (Å²) >= 11 is 6.79. The molecule has 4 heteroatoms. The lowest BCUT2D eigenvalue weighted by atomic mass is 10.0. The van der Waals surface area contributed by atoms with Crippen LogP contribution in [0.4, 0.5) is 5.69 Å². The highest BCUT2D eigenvalue weighted by Crippen LogP contribution is 2.31. The van der Waals surface area contributed by atoms with Crippen LogP contribution in [0.1, 0.15) is 24.9 Å². The van der Waals surface area contributed by atoms with Gasteiger partial charge in [-0.2, -0.15) is 0 Å². The van der Waals surface area contributed by atoms with Crippen LogP contribution >= 0.6 is 31.9 Å². The van der Waals surface area contributed by atoms with Gasteiger partial charge in [-0.25, -0.2) is 0 Å². The molecule has 4 N–H and O–H groups in total. The van der Waals surface area contributed by atoms with Crippen molar-refractivity contribution in [3.8, 4) is 0 Å². The first-order valence-corrected chi connectivity index (χ1v) is 5.64. The van der Waals surface area contributed by atoms with E-state index in [0.29, 0.717) is 0 Å². The Morgan fingerprint density at radius 3 is 2.54 bits per heavy atom. The molecule has 0 aliphatic heterocycles. The predicted octanol–water partition coefficient (Wildman–Crippen LogP) is 3.20. The molecule has 1 rings (SSSR count). The molecule has 2 nitrogen and oxygen atoms in total. The van der Waals surface area contributed by atoms with E-state index in [4.69, 9.17) is 11.5 Å². The first-order valence-electron chi connectivity index (χ1n) is 4.06. The third kappa shape index (κ3) is 2.45. The Kier molecular flexibility index (Phi) is 3.76. The van der Waals surface area contributed by atoms with E-state index in [2.05, 4.69) is 31.9 Å². The fourth-order valence-corrected chi connectivity index (χ4v) is 2.39. The number of hydrogen-bond acceptors (Lipinski definition) is 2. The summed E-state index contributed by atoms with van der Waals surface area (Å²) in [6.07, 6.45) is 0.882. The number of rotatable bonds is 2. The molecular formula is C9H12Br2N2. The van der Waals surface area contributed by atoms with Gasteiger partial charge in [-0.15, -0.1) is 0 Å². The van der Waals surface area contributed by atoms with Crippen LogP contribution in [0.3, 0.4) is 0 Å². The average molecular weight is 308 g/mol. The molecule has 0 saturated heterocycles. The van der Waals surface area contributed by atoms with E-state index in [-0.39, 0.29) is 6.04 Å². The maximum Gasteiger partial charge on any atom is 0.0507 e. The molecule has 1 aromatic rings. The SMILES string of the molecule is CC[C@H](N)c1cc(Br)cc(Br)c1N. The smallest absolute Gasteiger partial charge is 0.0507 e. The maximum absolute atomic E-state index is 5.91. The zero-order valence-corrected chi connectivity index (χ0v) is 10.5. The Bertz CT molecular complexity index is 313. The molecule has 72 valence electrons. The Morgan fingerprint density at radius 1 is 1.38 bits per heavy atom. The van der Waals surface area contributed by atoms with Gasteiger partial charge in [0.25, 0.3) is 0 Å². The molecule has 13 heavy (non-hydrogen) atoms. The number of nitrogens with two attached hydrogens (primary N) is 2. The second-order valence-electron chi connectivity index (χ2n) is 2.91. The van der Waals surface area contributed by atoms with Crippen molar-refractivity contribution in [2.24, 2.45) is 5.73 Å². The Hall–Kier alpha value is -0.0600. The highest BCUT2D eigenvalue weighted by atomic mass is 79.9. The van der Waals surface area contributed by atoms with Crippen molar-refractivity contribution in [1.82, 2.24) is 0 Å². The summed E-state index contributed by atoms with van der Waals surface area (Å²) in [5.41, 5.74) is 13.5. The van der Waals surface area contributed by atoms with Crippen molar-refractivity contribution in [2.45, 2.75) is 19.4 Å². The van der Waals surface area contributed by atoms with Gasteiger partial charge in [-0.3, -0.25) is 0 Å². The Morgan fingerprint density at radius 2 is 2.00 bits per heavy atom. The Balaban J connectivity index is 3.20. The van der Waals surface area contributed by atoms with Gasteiger partial charge in [0.15, 0.2) is 0 Å².